The molecule has 1 fully saturated rings. The SMILES string of the molecule is CCOc1cc(Br)c(CC(=O)NCC2(N(C)C)CCCC2)cc1OCC. The van der Waals surface area contributed by atoms with Crippen LogP contribution in [-0.2, 0) is 11.2 Å². The fourth-order valence-electron chi connectivity index (χ4n) is 3.56. The molecule has 2 rings (SSSR count). The lowest BCUT2D eigenvalue weighted by atomic mass is 9.96. The van der Waals surface area contributed by atoms with E-state index >= 15 is 0 Å². The van der Waals surface area contributed by atoms with Crippen LogP contribution in [0.2, 0.25) is 0 Å². The molecule has 0 radical (unpaired) electrons. The van der Waals surface area contributed by atoms with Gasteiger partial charge in [-0.25, -0.2) is 0 Å². The molecule has 1 aliphatic carbocycles. The Hall–Kier alpha value is -1.27. The maximum absolute atomic E-state index is 12.5. The number of likely N-dealkylation sites (N-methyl/N-ethyl adjacent to an activating group) is 1. The molecule has 1 aliphatic rings. The third-order valence-electron chi connectivity index (χ3n) is 5.16. The van der Waals surface area contributed by atoms with Crippen molar-refractivity contribution in [2.24, 2.45) is 0 Å². The van der Waals surface area contributed by atoms with Crippen LogP contribution in [0.4, 0.5) is 0 Å². The van der Waals surface area contributed by atoms with E-state index in [4.69, 9.17) is 9.47 Å². The van der Waals surface area contributed by atoms with Crippen LogP contribution in [0.5, 0.6) is 11.5 Å². The van der Waals surface area contributed by atoms with Gasteiger partial charge < -0.3 is 19.7 Å². The second kappa shape index (κ2) is 9.60. The molecule has 0 unspecified atom stereocenters. The Labute approximate surface area is 165 Å². The maximum atomic E-state index is 12.5. The number of amides is 1. The Balaban J connectivity index is 2.05. The highest BCUT2D eigenvalue weighted by Gasteiger charge is 2.36. The number of carbonyl (C=O) groups excluding carboxylic acids is 1. The van der Waals surface area contributed by atoms with Gasteiger partial charge in [-0.2, -0.15) is 0 Å². The number of nitrogens with one attached hydrogen (secondary N) is 1. The minimum Gasteiger partial charge on any atom is -0.490 e. The molecule has 1 amide bonds. The minimum atomic E-state index is 0.0328. The van der Waals surface area contributed by atoms with Crippen LogP contribution in [0.1, 0.15) is 45.1 Å². The molecule has 1 aromatic carbocycles. The van der Waals surface area contributed by atoms with Gasteiger partial charge >= 0.3 is 0 Å². The van der Waals surface area contributed by atoms with Gasteiger partial charge in [-0.05, 0) is 58.5 Å². The number of nitrogens with zero attached hydrogens (tertiary/aromatic N) is 1. The Morgan fingerprint density at radius 1 is 1.15 bits per heavy atom. The molecule has 0 aliphatic heterocycles. The fourth-order valence-corrected chi connectivity index (χ4v) is 4.03. The molecule has 146 valence electrons. The van der Waals surface area contributed by atoms with E-state index in [-0.39, 0.29) is 11.4 Å². The van der Waals surface area contributed by atoms with Crippen LogP contribution < -0.4 is 14.8 Å². The third kappa shape index (κ3) is 5.13. The quantitative estimate of drug-likeness (QED) is 0.652. The molecule has 26 heavy (non-hydrogen) atoms. The number of halogens is 1. The smallest absolute Gasteiger partial charge is 0.224 e. The number of hydrogen-bond donors (Lipinski definition) is 1. The molecule has 0 saturated heterocycles. The van der Waals surface area contributed by atoms with E-state index in [1.54, 1.807) is 0 Å². The third-order valence-corrected chi connectivity index (χ3v) is 5.90. The van der Waals surface area contributed by atoms with E-state index in [1.807, 2.05) is 26.0 Å². The number of benzene rings is 1. The Morgan fingerprint density at radius 3 is 2.27 bits per heavy atom. The average molecular weight is 427 g/mol. The van der Waals surface area contributed by atoms with Crippen molar-refractivity contribution in [3.8, 4) is 11.5 Å². The van der Waals surface area contributed by atoms with Crippen LogP contribution in [0.25, 0.3) is 0 Å². The molecule has 5 nitrogen and oxygen atoms in total. The van der Waals surface area contributed by atoms with Gasteiger partial charge in [0.15, 0.2) is 11.5 Å². The van der Waals surface area contributed by atoms with Crippen molar-refractivity contribution in [2.45, 2.75) is 51.5 Å². The average Bonchev–Trinajstić information content (AvgIpc) is 3.08. The molecule has 1 N–H and O–H groups in total. The first-order valence-electron chi connectivity index (χ1n) is 9.44. The van der Waals surface area contributed by atoms with Crippen molar-refractivity contribution in [1.29, 1.82) is 0 Å². The maximum Gasteiger partial charge on any atom is 0.224 e. The molecule has 0 spiro atoms. The van der Waals surface area contributed by atoms with Crippen molar-refractivity contribution in [1.82, 2.24) is 10.2 Å². The summed E-state index contributed by atoms with van der Waals surface area (Å²) in [6.45, 7) is 5.70. The first-order chi connectivity index (χ1) is 12.4. The van der Waals surface area contributed by atoms with Gasteiger partial charge in [0, 0.05) is 16.6 Å². The first kappa shape index (κ1) is 21.0. The highest BCUT2D eigenvalue weighted by molar-refractivity contribution is 9.10. The zero-order valence-corrected chi connectivity index (χ0v) is 17.9. The van der Waals surface area contributed by atoms with Crippen LogP contribution >= 0.6 is 15.9 Å². The summed E-state index contributed by atoms with van der Waals surface area (Å²) in [7, 11) is 4.21. The van der Waals surface area contributed by atoms with E-state index in [1.165, 1.54) is 12.8 Å². The second-order valence-corrected chi connectivity index (χ2v) is 7.89. The van der Waals surface area contributed by atoms with E-state index in [0.29, 0.717) is 37.7 Å². The predicted molar refractivity (Wildman–Crippen MR) is 108 cm³/mol. The normalized spacial score (nSPS) is 15.9. The van der Waals surface area contributed by atoms with Gasteiger partial charge in [0.2, 0.25) is 5.91 Å². The Morgan fingerprint density at radius 2 is 1.73 bits per heavy atom. The number of hydrogen-bond acceptors (Lipinski definition) is 4. The molecule has 1 saturated carbocycles. The van der Waals surface area contributed by atoms with E-state index in [9.17, 15) is 4.79 Å². The van der Waals surface area contributed by atoms with Gasteiger partial charge in [0.05, 0.1) is 19.6 Å². The van der Waals surface area contributed by atoms with E-state index in [0.717, 1.165) is 22.9 Å². The monoisotopic (exact) mass is 426 g/mol. The number of carbonyl (C=O) groups is 1. The number of rotatable bonds is 9. The highest BCUT2D eigenvalue weighted by Crippen LogP contribution is 2.35. The zero-order chi connectivity index (χ0) is 19.2. The van der Waals surface area contributed by atoms with E-state index < -0.39 is 0 Å². The number of ether oxygens (including phenoxy) is 2. The summed E-state index contributed by atoms with van der Waals surface area (Å²) in [6.07, 6.45) is 5.06. The summed E-state index contributed by atoms with van der Waals surface area (Å²) in [5.41, 5.74) is 1.00. The molecule has 6 heteroatoms. The van der Waals surface area contributed by atoms with Crippen LogP contribution in [0.15, 0.2) is 16.6 Å². The summed E-state index contributed by atoms with van der Waals surface area (Å²) in [5, 5.41) is 3.14. The highest BCUT2D eigenvalue weighted by atomic mass is 79.9. The first-order valence-corrected chi connectivity index (χ1v) is 10.2. The molecule has 1 aromatic rings. The van der Waals surface area contributed by atoms with Gasteiger partial charge in [0.1, 0.15) is 0 Å². The largest absolute Gasteiger partial charge is 0.490 e. The van der Waals surface area contributed by atoms with Crippen molar-refractivity contribution in [2.75, 3.05) is 33.9 Å². The Kier molecular flexibility index (Phi) is 7.77. The van der Waals surface area contributed by atoms with E-state index in [2.05, 4.69) is 40.2 Å². The topological polar surface area (TPSA) is 50.8 Å². The standard InChI is InChI=1S/C20H31BrN2O3/c1-5-25-17-11-15(16(21)13-18(17)26-6-2)12-19(24)22-14-20(23(3)4)9-7-8-10-20/h11,13H,5-10,12,14H2,1-4H3,(H,22,24). The molecular formula is C20H31BrN2O3. The predicted octanol–water partition coefficient (Wildman–Crippen LogP) is 3.78. The molecule has 0 atom stereocenters. The summed E-state index contributed by atoms with van der Waals surface area (Å²) in [5.74, 6) is 1.41. The van der Waals surface area contributed by atoms with Crippen molar-refractivity contribution in [3.05, 3.63) is 22.2 Å². The fraction of sp³-hybridized carbons (Fsp3) is 0.650. The van der Waals surface area contributed by atoms with Crippen molar-refractivity contribution < 1.29 is 14.3 Å². The van der Waals surface area contributed by atoms with Gasteiger partial charge in [-0.1, -0.05) is 28.8 Å². The Bertz CT molecular complexity index is 613. The van der Waals surface area contributed by atoms with Crippen LogP contribution in [-0.4, -0.2) is 50.2 Å². The zero-order valence-electron chi connectivity index (χ0n) is 16.4. The molecular weight excluding hydrogens is 396 g/mol. The second-order valence-electron chi connectivity index (χ2n) is 7.04. The van der Waals surface area contributed by atoms with Gasteiger partial charge in [0.25, 0.3) is 0 Å². The summed E-state index contributed by atoms with van der Waals surface area (Å²) >= 11 is 3.56. The van der Waals surface area contributed by atoms with Crippen LogP contribution in [0.3, 0.4) is 0 Å². The summed E-state index contributed by atoms with van der Waals surface area (Å²) < 4.78 is 12.2. The van der Waals surface area contributed by atoms with Crippen LogP contribution in [0, 0.1) is 0 Å². The van der Waals surface area contributed by atoms with Crippen molar-refractivity contribution >= 4 is 21.8 Å². The molecule has 0 aromatic heterocycles. The lowest BCUT2D eigenvalue weighted by Gasteiger charge is -2.36. The molecule has 0 heterocycles. The lowest BCUT2D eigenvalue weighted by molar-refractivity contribution is -0.121. The summed E-state index contributed by atoms with van der Waals surface area (Å²) in [6, 6.07) is 3.78. The lowest BCUT2D eigenvalue weighted by Crippen LogP contribution is -2.51. The summed E-state index contributed by atoms with van der Waals surface area (Å²) in [4.78, 5) is 14.8. The minimum absolute atomic E-state index is 0.0328. The molecule has 0 bridgehead atoms. The van der Waals surface area contributed by atoms with Gasteiger partial charge in [-0.3, -0.25) is 4.79 Å². The van der Waals surface area contributed by atoms with Gasteiger partial charge in [-0.15, -0.1) is 0 Å². The van der Waals surface area contributed by atoms with Crippen molar-refractivity contribution in [3.63, 3.8) is 0 Å².